The van der Waals surface area contributed by atoms with Gasteiger partial charge in [-0.3, -0.25) is 4.79 Å². The Kier molecular flexibility index (Phi) is 5.79. The van der Waals surface area contributed by atoms with Crippen molar-refractivity contribution in [3.63, 3.8) is 0 Å². The highest BCUT2D eigenvalue weighted by atomic mass is 19.1. The second-order valence-corrected chi connectivity index (χ2v) is 6.63. The number of carbonyl (C=O) groups is 1. The van der Waals surface area contributed by atoms with Crippen molar-refractivity contribution >= 4 is 22.6 Å². The minimum atomic E-state index is -0.707. The lowest BCUT2D eigenvalue weighted by Gasteiger charge is -2.23. The summed E-state index contributed by atoms with van der Waals surface area (Å²) in [6.45, 7) is 5.55. The largest absolute Gasteiger partial charge is 0.460 e. The van der Waals surface area contributed by atoms with E-state index in [1.54, 1.807) is 12.3 Å². The molecule has 3 rings (SSSR count). The first-order valence-corrected chi connectivity index (χ1v) is 9.31. The van der Waals surface area contributed by atoms with E-state index in [1.807, 2.05) is 23.3 Å². The Morgan fingerprint density at radius 2 is 1.96 bits per heavy atom. The summed E-state index contributed by atoms with van der Waals surface area (Å²) in [4.78, 5) is 27.1. The molecule has 27 heavy (non-hydrogen) atoms. The minimum absolute atomic E-state index is 0.0610. The van der Waals surface area contributed by atoms with Crippen LogP contribution in [0.15, 0.2) is 23.1 Å². The Morgan fingerprint density at radius 1 is 1.26 bits per heavy atom. The fourth-order valence-electron chi connectivity index (χ4n) is 3.26. The van der Waals surface area contributed by atoms with Crippen LogP contribution in [0.5, 0.6) is 0 Å². The number of aromatic nitrogens is 1. The highest BCUT2D eigenvalue weighted by molar-refractivity contribution is 5.94. The second kappa shape index (κ2) is 8.08. The zero-order chi connectivity index (χ0) is 19.6. The minimum Gasteiger partial charge on any atom is -0.460 e. The molecule has 0 N–H and O–H groups in total. The number of esters is 1. The van der Waals surface area contributed by atoms with Crippen LogP contribution >= 0.6 is 0 Å². The maximum Gasteiger partial charge on any atom is 0.343 e. The molecule has 1 fully saturated rings. The van der Waals surface area contributed by atoms with Crippen molar-refractivity contribution in [2.24, 2.45) is 0 Å². The lowest BCUT2D eigenvalue weighted by molar-refractivity contribution is 0.0386. The summed E-state index contributed by atoms with van der Waals surface area (Å²) in [5.41, 5.74) is 0.547. The summed E-state index contributed by atoms with van der Waals surface area (Å²) in [7, 11) is 1.50. The van der Waals surface area contributed by atoms with Crippen LogP contribution in [0.25, 0.3) is 10.9 Å². The molecule has 146 valence electrons. The Hall–Kier alpha value is -2.41. The zero-order valence-corrected chi connectivity index (χ0v) is 16.0. The van der Waals surface area contributed by atoms with Crippen LogP contribution in [0.1, 0.15) is 43.1 Å². The molecule has 0 radical (unpaired) electrons. The third-order valence-corrected chi connectivity index (χ3v) is 4.89. The Labute approximate surface area is 157 Å². The van der Waals surface area contributed by atoms with Crippen molar-refractivity contribution in [3.05, 3.63) is 39.9 Å². The highest BCUT2D eigenvalue weighted by Crippen LogP contribution is 2.38. The van der Waals surface area contributed by atoms with Crippen LogP contribution in [-0.4, -0.2) is 43.9 Å². The number of anilines is 1. The van der Waals surface area contributed by atoms with Gasteiger partial charge in [0.05, 0.1) is 17.8 Å². The quantitative estimate of drug-likeness (QED) is 0.523. The molecule has 2 aromatic rings. The van der Waals surface area contributed by atoms with Crippen molar-refractivity contribution < 1.29 is 18.7 Å². The third kappa shape index (κ3) is 3.83. The number of halogens is 1. The monoisotopic (exact) mass is 376 g/mol. The summed E-state index contributed by atoms with van der Waals surface area (Å²) in [6, 6.07) is 3.18. The number of ether oxygens (including phenoxy) is 2. The third-order valence-electron chi connectivity index (χ3n) is 4.89. The van der Waals surface area contributed by atoms with Crippen molar-refractivity contribution in [1.29, 1.82) is 0 Å². The van der Waals surface area contributed by atoms with E-state index < -0.39 is 17.2 Å². The van der Waals surface area contributed by atoms with Crippen molar-refractivity contribution in [2.75, 3.05) is 38.3 Å². The molecule has 0 amide bonds. The molecule has 0 atom stereocenters. The average molecular weight is 376 g/mol. The van der Waals surface area contributed by atoms with Crippen LogP contribution < -0.4 is 10.3 Å². The fraction of sp³-hybridized carbons (Fsp3) is 0.500. The topological polar surface area (TPSA) is 60.8 Å². The molecule has 0 aliphatic heterocycles. The van der Waals surface area contributed by atoms with E-state index in [4.69, 9.17) is 9.47 Å². The number of hydrogen-bond acceptors (Lipinski definition) is 5. The Bertz CT molecular complexity index is 901. The molecule has 1 aromatic carbocycles. The molecule has 6 nitrogen and oxygen atoms in total. The number of methoxy groups -OCH3 is 1. The molecule has 0 spiro atoms. The molecule has 0 bridgehead atoms. The number of pyridine rings is 1. The predicted molar refractivity (Wildman–Crippen MR) is 102 cm³/mol. The molecular formula is C20H25FN2O4. The van der Waals surface area contributed by atoms with E-state index in [0.29, 0.717) is 24.3 Å². The van der Waals surface area contributed by atoms with E-state index >= 15 is 0 Å². The van der Waals surface area contributed by atoms with Gasteiger partial charge in [-0.15, -0.1) is 0 Å². The standard InChI is InChI=1S/C20H25FN2O4/c1-4-22(5-2)18-11-17-14(10-16(18)21)19(24)15(12-23(17)13-6-7-13)20(25)27-9-8-26-3/h10-13H,4-9H2,1-3H3. The first kappa shape index (κ1) is 19.4. The molecule has 7 heteroatoms. The van der Waals surface area contributed by atoms with Crippen molar-refractivity contribution in [1.82, 2.24) is 4.57 Å². The van der Waals surface area contributed by atoms with E-state index in [-0.39, 0.29) is 30.2 Å². The molecule has 1 aromatic heterocycles. The maximum absolute atomic E-state index is 14.7. The van der Waals surface area contributed by atoms with Gasteiger partial charge < -0.3 is 18.9 Å². The van der Waals surface area contributed by atoms with Gasteiger partial charge >= 0.3 is 5.97 Å². The van der Waals surface area contributed by atoms with Gasteiger partial charge in [-0.1, -0.05) is 0 Å². The number of nitrogens with zero attached hydrogens (tertiary/aromatic N) is 2. The normalized spacial score (nSPS) is 13.8. The summed E-state index contributed by atoms with van der Waals surface area (Å²) in [6.07, 6.45) is 3.49. The number of fused-ring (bicyclic) bond motifs is 1. The number of hydrogen-bond donors (Lipinski definition) is 0. The lowest BCUT2D eigenvalue weighted by atomic mass is 10.1. The molecular weight excluding hydrogens is 351 g/mol. The first-order chi connectivity index (χ1) is 13.0. The lowest BCUT2D eigenvalue weighted by Crippen LogP contribution is -2.25. The SMILES string of the molecule is CCN(CC)c1cc2c(cc1F)c(=O)c(C(=O)OCCOC)cn2C1CC1. The average Bonchev–Trinajstić information content (AvgIpc) is 3.49. The molecule has 1 saturated carbocycles. The fourth-order valence-corrected chi connectivity index (χ4v) is 3.26. The van der Waals surface area contributed by atoms with E-state index in [9.17, 15) is 14.0 Å². The maximum atomic E-state index is 14.7. The number of rotatable bonds is 8. The Morgan fingerprint density at radius 3 is 2.56 bits per heavy atom. The van der Waals surface area contributed by atoms with Crippen molar-refractivity contribution in [3.8, 4) is 0 Å². The summed E-state index contributed by atoms with van der Waals surface area (Å²) in [5.74, 6) is -1.17. The van der Waals surface area contributed by atoms with Gasteiger partial charge in [0.25, 0.3) is 0 Å². The summed E-state index contributed by atoms with van der Waals surface area (Å²) >= 11 is 0. The van der Waals surface area contributed by atoms with E-state index in [1.165, 1.54) is 13.2 Å². The van der Waals surface area contributed by atoms with Gasteiger partial charge in [0.15, 0.2) is 0 Å². The van der Waals surface area contributed by atoms with Gasteiger partial charge in [0.1, 0.15) is 18.0 Å². The van der Waals surface area contributed by atoms with Gasteiger partial charge in [-0.05, 0) is 38.8 Å². The number of benzene rings is 1. The van der Waals surface area contributed by atoms with Crippen molar-refractivity contribution in [2.45, 2.75) is 32.7 Å². The summed E-state index contributed by atoms with van der Waals surface area (Å²) in [5, 5.41) is 0.205. The van der Waals surface area contributed by atoms with E-state index in [0.717, 1.165) is 12.8 Å². The van der Waals surface area contributed by atoms with Gasteiger partial charge in [0, 0.05) is 37.8 Å². The zero-order valence-electron chi connectivity index (χ0n) is 16.0. The number of carbonyl (C=O) groups excluding carboxylic acids is 1. The van der Waals surface area contributed by atoms with Gasteiger partial charge in [0.2, 0.25) is 5.43 Å². The van der Waals surface area contributed by atoms with Crippen LogP contribution in [0.3, 0.4) is 0 Å². The smallest absolute Gasteiger partial charge is 0.343 e. The Balaban J connectivity index is 2.14. The van der Waals surface area contributed by atoms with Crippen LogP contribution in [0.2, 0.25) is 0 Å². The first-order valence-electron chi connectivity index (χ1n) is 9.31. The highest BCUT2D eigenvalue weighted by Gasteiger charge is 2.28. The van der Waals surface area contributed by atoms with E-state index in [2.05, 4.69) is 0 Å². The molecule has 0 saturated heterocycles. The molecule has 0 unspecified atom stereocenters. The van der Waals surface area contributed by atoms with Crippen LogP contribution in [0, 0.1) is 5.82 Å². The summed E-state index contributed by atoms with van der Waals surface area (Å²) < 4.78 is 26.6. The molecule has 1 aliphatic rings. The van der Waals surface area contributed by atoms with Crippen LogP contribution in [-0.2, 0) is 9.47 Å². The molecule has 1 heterocycles. The van der Waals surface area contributed by atoms with Gasteiger partial charge in [-0.25, -0.2) is 9.18 Å². The second-order valence-electron chi connectivity index (χ2n) is 6.63. The molecule has 1 aliphatic carbocycles. The predicted octanol–water partition coefficient (Wildman–Crippen LogP) is 3.12. The van der Waals surface area contributed by atoms with Crippen LogP contribution in [0.4, 0.5) is 10.1 Å². The van der Waals surface area contributed by atoms with Gasteiger partial charge in [-0.2, -0.15) is 0 Å².